The Balaban J connectivity index is 1.26. The van der Waals surface area contributed by atoms with Gasteiger partial charge in [-0.3, -0.25) is 24.5 Å². The molecule has 1 aromatic heterocycles. The van der Waals surface area contributed by atoms with Crippen LogP contribution in [0.25, 0.3) is 16.3 Å². The number of carbonyl (C=O) groups is 3. The van der Waals surface area contributed by atoms with Crippen molar-refractivity contribution in [2.75, 3.05) is 16.4 Å². The molecule has 5 rings (SSSR count). The van der Waals surface area contributed by atoms with Crippen molar-refractivity contribution in [1.82, 2.24) is 10.3 Å². The summed E-state index contributed by atoms with van der Waals surface area (Å²) in [5.41, 5.74) is 3.07. The standard InChI is InChI=1S/C32H25N5O5S2/c1-20-10-15-26-28(16-20)44-32(35-26)36-29(38)19-43-25-9-5-8-23(18-25)33-31(40)27(34-30(39)22-6-3-2-4-7-22)17-21-11-13-24(14-12-21)37(41)42/h2-18H,19H2,1H3,(H,33,40)(H,34,39)(H,35,36,38)/b27-17+. The molecule has 3 amide bonds. The van der Waals surface area contributed by atoms with E-state index in [9.17, 15) is 24.5 Å². The fourth-order valence-corrected chi connectivity index (χ4v) is 5.79. The molecule has 0 unspecified atom stereocenters. The molecule has 0 radical (unpaired) electrons. The number of nitro groups is 1. The number of aryl methyl sites for hydroxylation is 1. The Morgan fingerprint density at radius 3 is 2.45 bits per heavy atom. The van der Waals surface area contributed by atoms with Crippen LogP contribution in [0.4, 0.5) is 16.5 Å². The number of benzene rings is 4. The molecule has 1 heterocycles. The van der Waals surface area contributed by atoms with E-state index in [0.29, 0.717) is 21.9 Å². The molecule has 220 valence electrons. The van der Waals surface area contributed by atoms with Gasteiger partial charge in [0.15, 0.2) is 5.13 Å². The van der Waals surface area contributed by atoms with Gasteiger partial charge in [-0.25, -0.2) is 4.98 Å². The first-order valence-electron chi connectivity index (χ1n) is 13.3. The zero-order chi connectivity index (χ0) is 31.1. The molecule has 0 saturated heterocycles. The van der Waals surface area contributed by atoms with Gasteiger partial charge in [-0.05, 0) is 78.7 Å². The fourth-order valence-electron chi connectivity index (χ4n) is 4.05. The van der Waals surface area contributed by atoms with E-state index in [4.69, 9.17) is 0 Å². The van der Waals surface area contributed by atoms with Gasteiger partial charge >= 0.3 is 0 Å². The topological polar surface area (TPSA) is 143 Å². The van der Waals surface area contributed by atoms with Gasteiger partial charge in [-0.1, -0.05) is 41.7 Å². The van der Waals surface area contributed by atoms with Crippen LogP contribution in [0.1, 0.15) is 21.5 Å². The molecule has 0 spiro atoms. The molecule has 0 fully saturated rings. The molecule has 12 heteroatoms. The van der Waals surface area contributed by atoms with Gasteiger partial charge in [-0.15, -0.1) is 11.8 Å². The van der Waals surface area contributed by atoms with Crippen LogP contribution in [-0.2, 0) is 9.59 Å². The molecule has 5 aromatic rings. The van der Waals surface area contributed by atoms with Crippen LogP contribution in [0.3, 0.4) is 0 Å². The van der Waals surface area contributed by atoms with Crippen LogP contribution in [0.2, 0.25) is 0 Å². The molecule has 10 nitrogen and oxygen atoms in total. The van der Waals surface area contributed by atoms with Crippen LogP contribution in [0, 0.1) is 17.0 Å². The second kappa shape index (κ2) is 13.8. The number of fused-ring (bicyclic) bond motifs is 1. The monoisotopic (exact) mass is 623 g/mol. The summed E-state index contributed by atoms with van der Waals surface area (Å²) in [5, 5.41) is 19.8. The fraction of sp³-hybridized carbons (Fsp3) is 0.0625. The van der Waals surface area contributed by atoms with Crippen molar-refractivity contribution in [3.05, 3.63) is 130 Å². The van der Waals surface area contributed by atoms with Gasteiger partial charge in [0.05, 0.1) is 20.9 Å². The number of nitrogens with one attached hydrogen (secondary N) is 3. The van der Waals surface area contributed by atoms with E-state index in [1.807, 2.05) is 31.2 Å². The Morgan fingerprint density at radius 2 is 1.70 bits per heavy atom. The van der Waals surface area contributed by atoms with Crippen LogP contribution in [-0.4, -0.2) is 33.4 Å². The zero-order valence-corrected chi connectivity index (χ0v) is 24.9. The van der Waals surface area contributed by atoms with Crippen LogP contribution < -0.4 is 16.0 Å². The van der Waals surface area contributed by atoms with E-state index in [0.717, 1.165) is 20.7 Å². The van der Waals surface area contributed by atoms with Crippen LogP contribution in [0.15, 0.2) is 108 Å². The molecule has 0 atom stereocenters. The van der Waals surface area contributed by atoms with E-state index in [1.54, 1.807) is 48.5 Å². The SMILES string of the molecule is Cc1ccc2nc(NC(=O)CSc3cccc(NC(=O)/C(=C\c4ccc([N+](=O)[O-])cc4)NC(=O)c4ccccc4)c3)sc2c1. The lowest BCUT2D eigenvalue weighted by molar-refractivity contribution is -0.384. The van der Waals surface area contributed by atoms with Crippen molar-refractivity contribution in [2.45, 2.75) is 11.8 Å². The highest BCUT2D eigenvalue weighted by molar-refractivity contribution is 8.00. The smallest absolute Gasteiger partial charge is 0.272 e. The van der Waals surface area contributed by atoms with E-state index >= 15 is 0 Å². The first-order valence-corrected chi connectivity index (χ1v) is 15.1. The number of thioether (sulfide) groups is 1. The third-order valence-electron chi connectivity index (χ3n) is 6.20. The molecular weight excluding hydrogens is 599 g/mol. The van der Waals surface area contributed by atoms with Crippen LogP contribution >= 0.6 is 23.1 Å². The summed E-state index contributed by atoms with van der Waals surface area (Å²) in [4.78, 5) is 54.6. The quantitative estimate of drug-likeness (QED) is 0.0684. The number of rotatable bonds is 10. The number of nitro benzene ring substituents is 1. The van der Waals surface area contributed by atoms with E-state index < -0.39 is 16.7 Å². The molecule has 0 aliphatic carbocycles. The minimum Gasteiger partial charge on any atom is -0.321 e. The number of anilines is 2. The van der Waals surface area contributed by atoms with Crippen molar-refractivity contribution in [2.24, 2.45) is 0 Å². The second-order valence-corrected chi connectivity index (χ2v) is 11.6. The van der Waals surface area contributed by atoms with E-state index in [2.05, 4.69) is 20.9 Å². The number of hydrogen-bond donors (Lipinski definition) is 3. The molecular formula is C32H25N5O5S2. The van der Waals surface area contributed by atoms with E-state index in [1.165, 1.54) is 53.4 Å². The van der Waals surface area contributed by atoms with Gasteiger partial charge in [0.1, 0.15) is 5.70 Å². The number of aromatic nitrogens is 1. The van der Waals surface area contributed by atoms with Gasteiger partial charge in [0.2, 0.25) is 5.91 Å². The largest absolute Gasteiger partial charge is 0.321 e. The number of nitrogens with zero attached hydrogens (tertiary/aromatic N) is 2. The normalized spacial score (nSPS) is 11.2. The number of carbonyl (C=O) groups excluding carboxylic acids is 3. The van der Waals surface area contributed by atoms with Crippen molar-refractivity contribution >= 4 is 73.6 Å². The van der Waals surface area contributed by atoms with Crippen molar-refractivity contribution in [3.8, 4) is 0 Å². The lowest BCUT2D eigenvalue weighted by Gasteiger charge is -2.12. The van der Waals surface area contributed by atoms with Gasteiger partial charge in [0, 0.05) is 28.3 Å². The number of non-ortho nitro benzene ring substituents is 1. The minimum absolute atomic E-state index is 0.0591. The molecule has 44 heavy (non-hydrogen) atoms. The van der Waals surface area contributed by atoms with Crippen molar-refractivity contribution in [3.63, 3.8) is 0 Å². The maximum Gasteiger partial charge on any atom is 0.272 e. The van der Waals surface area contributed by atoms with Crippen molar-refractivity contribution < 1.29 is 19.3 Å². The predicted octanol–water partition coefficient (Wildman–Crippen LogP) is 6.65. The summed E-state index contributed by atoms with van der Waals surface area (Å²) in [6, 6.07) is 26.9. The molecule has 0 aliphatic rings. The Bertz CT molecular complexity index is 1890. The van der Waals surface area contributed by atoms with Gasteiger partial charge < -0.3 is 16.0 Å². The minimum atomic E-state index is -0.599. The van der Waals surface area contributed by atoms with E-state index in [-0.39, 0.29) is 23.0 Å². The summed E-state index contributed by atoms with van der Waals surface area (Å²) < 4.78 is 0.998. The third kappa shape index (κ3) is 7.94. The van der Waals surface area contributed by atoms with Crippen molar-refractivity contribution in [1.29, 1.82) is 0 Å². The highest BCUT2D eigenvalue weighted by Crippen LogP contribution is 2.28. The highest BCUT2D eigenvalue weighted by Gasteiger charge is 2.16. The Labute approximate surface area is 260 Å². The second-order valence-electron chi connectivity index (χ2n) is 9.54. The highest BCUT2D eigenvalue weighted by atomic mass is 32.2. The number of hydrogen-bond acceptors (Lipinski definition) is 8. The average Bonchev–Trinajstić information content (AvgIpc) is 3.41. The first-order chi connectivity index (χ1) is 21.2. The number of thiazole rings is 1. The van der Waals surface area contributed by atoms with Gasteiger partial charge in [-0.2, -0.15) is 0 Å². The summed E-state index contributed by atoms with van der Waals surface area (Å²) in [7, 11) is 0. The number of amides is 3. The Hall–Kier alpha value is -5.33. The Kier molecular flexibility index (Phi) is 9.43. The molecule has 0 saturated carbocycles. The molecule has 3 N–H and O–H groups in total. The maximum absolute atomic E-state index is 13.4. The van der Waals surface area contributed by atoms with Gasteiger partial charge in [0.25, 0.3) is 17.5 Å². The predicted molar refractivity (Wildman–Crippen MR) is 174 cm³/mol. The average molecular weight is 624 g/mol. The summed E-state index contributed by atoms with van der Waals surface area (Å²) in [5.74, 6) is -1.17. The third-order valence-corrected chi connectivity index (χ3v) is 8.12. The molecule has 4 aromatic carbocycles. The maximum atomic E-state index is 13.4. The Morgan fingerprint density at radius 1 is 0.932 bits per heavy atom. The summed E-state index contributed by atoms with van der Waals surface area (Å²) in [6.07, 6.45) is 1.44. The summed E-state index contributed by atoms with van der Waals surface area (Å²) in [6.45, 7) is 2.00. The summed E-state index contributed by atoms with van der Waals surface area (Å²) >= 11 is 2.71. The zero-order valence-electron chi connectivity index (χ0n) is 23.3. The lowest BCUT2D eigenvalue weighted by Crippen LogP contribution is -2.30. The first kappa shape index (κ1) is 30.1. The molecule has 0 aliphatic heterocycles. The van der Waals surface area contributed by atoms with Crippen LogP contribution in [0.5, 0.6) is 0 Å². The lowest BCUT2D eigenvalue weighted by atomic mass is 10.1. The molecule has 0 bridgehead atoms.